The molecule has 26 heavy (non-hydrogen) atoms. The van der Waals surface area contributed by atoms with Crippen LogP contribution in [0.3, 0.4) is 0 Å². The third-order valence-electron chi connectivity index (χ3n) is 4.51. The smallest absolute Gasteiger partial charge is 0.251 e. The van der Waals surface area contributed by atoms with Gasteiger partial charge in [-0.25, -0.2) is 0 Å². The molecule has 1 aromatic carbocycles. The summed E-state index contributed by atoms with van der Waals surface area (Å²) in [6.45, 7) is 8.28. The van der Waals surface area contributed by atoms with Crippen LogP contribution in [0.4, 0.5) is 5.69 Å². The first-order valence-corrected chi connectivity index (χ1v) is 9.35. The summed E-state index contributed by atoms with van der Waals surface area (Å²) in [5, 5.41) is 5.77. The Bertz CT molecular complexity index is 685. The molecule has 0 radical (unpaired) electrons. The molecule has 1 fully saturated rings. The van der Waals surface area contributed by atoms with E-state index in [2.05, 4.69) is 10.6 Å². The molecule has 0 bridgehead atoms. The maximum atomic E-state index is 12.7. The quantitative estimate of drug-likeness (QED) is 0.820. The zero-order valence-electron chi connectivity index (χ0n) is 16.1. The Morgan fingerprint density at radius 2 is 2.00 bits per heavy atom. The highest BCUT2D eigenvalue weighted by Crippen LogP contribution is 2.22. The molecule has 1 heterocycles. The fraction of sp³-hybridized carbons (Fsp3) is 0.550. The van der Waals surface area contributed by atoms with E-state index in [0.29, 0.717) is 30.6 Å². The number of hydrogen-bond donors (Lipinski definition) is 2. The molecule has 0 aliphatic carbocycles. The van der Waals surface area contributed by atoms with Crippen molar-refractivity contribution < 1.29 is 14.4 Å². The molecule has 0 aromatic heterocycles. The summed E-state index contributed by atoms with van der Waals surface area (Å²) in [7, 11) is 0. The summed E-state index contributed by atoms with van der Waals surface area (Å²) in [6.07, 6.45) is 2.79. The van der Waals surface area contributed by atoms with E-state index in [1.807, 2.05) is 27.7 Å². The van der Waals surface area contributed by atoms with Crippen LogP contribution in [-0.2, 0) is 9.59 Å². The molecule has 0 saturated carbocycles. The topological polar surface area (TPSA) is 78.5 Å². The molecule has 142 valence electrons. The highest BCUT2D eigenvalue weighted by atomic mass is 16.2. The molecular weight excluding hydrogens is 330 g/mol. The molecular formula is C20H29N3O3. The van der Waals surface area contributed by atoms with Crippen LogP contribution < -0.4 is 10.6 Å². The number of nitrogens with one attached hydrogen (secondary N) is 2. The van der Waals surface area contributed by atoms with Gasteiger partial charge < -0.3 is 15.5 Å². The Kier molecular flexibility index (Phi) is 6.77. The maximum Gasteiger partial charge on any atom is 0.251 e. The van der Waals surface area contributed by atoms with Crippen LogP contribution in [0, 0.1) is 6.92 Å². The second-order valence-electron chi connectivity index (χ2n) is 7.14. The van der Waals surface area contributed by atoms with Gasteiger partial charge >= 0.3 is 0 Å². The van der Waals surface area contributed by atoms with Gasteiger partial charge in [0.2, 0.25) is 11.8 Å². The minimum Gasteiger partial charge on any atom is -0.350 e. The van der Waals surface area contributed by atoms with Crippen molar-refractivity contribution in [3.63, 3.8) is 0 Å². The van der Waals surface area contributed by atoms with Crippen molar-refractivity contribution in [1.29, 1.82) is 0 Å². The second kappa shape index (κ2) is 8.83. The molecule has 1 aromatic rings. The van der Waals surface area contributed by atoms with Crippen molar-refractivity contribution >= 4 is 23.4 Å². The number of nitrogens with zero attached hydrogens (tertiary/aromatic N) is 1. The number of likely N-dealkylation sites (tertiary alicyclic amines) is 1. The third-order valence-corrected chi connectivity index (χ3v) is 4.51. The van der Waals surface area contributed by atoms with Crippen molar-refractivity contribution in [3.8, 4) is 0 Å². The fourth-order valence-electron chi connectivity index (χ4n) is 3.20. The summed E-state index contributed by atoms with van der Waals surface area (Å²) in [5.41, 5.74) is 2.06. The predicted molar refractivity (Wildman–Crippen MR) is 102 cm³/mol. The monoisotopic (exact) mass is 359 g/mol. The minimum atomic E-state index is -0.405. The summed E-state index contributed by atoms with van der Waals surface area (Å²) < 4.78 is 0. The van der Waals surface area contributed by atoms with Crippen LogP contribution in [0.15, 0.2) is 18.2 Å². The van der Waals surface area contributed by atoms with Crippen LogP contribution in [0.25, 0.3) is 0 Å². The predicted octanol–water partition coefficient (Wildman–Crippen LogP) is 2.86. The lowest BCUT2D eigenvalue weighted by atomic mass is 10.1. The number of aryl methyl sites for hydroxylation is 1. The van der Waals surface area contributed by atoms with Crippen molar-refractivity contribution in [3.05, 3.63) is 29.3 Å². The molecule has 6 nitrogen and oxygen atoms in total. The molecule has 3 amide bonds. The van der Waals surface area contributed by atoms with E-state index in [4.69, 9.17) is 0 Å². The molecule has 1 atom stereocenters. The average Bonchev–Trinajstić information content (AvgIpc) is 3.06. The molecule has 1 aliphatic rings. The third kappa shape index (κ3) is 4.84. The zero-order valence-corrected chi connectivity index (χ0v) is 16.1. The van der Waals surface area contributed by atoms with Gasteiger partial charge in [-0.3, -0.25) is 14.4 Å². The molecule has 2 rings (SSSR count). The number of carbonyl (C=O) groups excluding carboxylic acids is 3. The summed E-state index contributed by atoms with van der Waals surface area (Å²) in [5.74, 6) is -0.245. The molecule has 2 N–H and O–H groups in total. The van der Waals surface area contributed by atoms with Crippen LogP contribution in [0.1, 0.15) is 62.4 Å². The van der Waals surface area contributed by atoms with Gasteiger partial charge in [-0.1, -0.05) is 6.92 Å². The van der Waals surface area contributed by atoms with Gasteiger partial charge in [-0.2, -0.15) is 0 Å². The highest BCUT2D eigenvalue weighted by molar-refractivity contribution is 5.99. The standard InChI is InChI=1S/C20H29N3O3/c1-5-7-18(24)23-11-6-8-17(23)20(26)22-16-10-9-15(12-14(16)4)19(25)21-13(2)3/h9-10,12-13,17H,5-8,11H2,1-4H3,(H,21,25)(H,22,26). The van der Waals surface area contributed by atoms with Gasteiger partial charge in [0, 0.05) is 30.3 Å². The van der Waals surface area contributed by atoms with Crippen LogP contribution in [-0.4, -0.2) is 41.2 Å². The number of amides is 3. The Morgan fingerprint density at radius 1 is 1.27 bits per heavy atom. The van der Waals surface area contributed by atoms with Crippen LogP contribution >= 0.6 is 0 Å². The van der Waals surface area contributed by atoms with Gasteiger partial charge in [0.1, 0.15) is 6.04 Å². The van der Waals surface area contributed by atoms with E-state index >= 15 is 0 Å². The summed E-state index contributed by atoms with van der Waals surface area (Å²) >= 11 is 0. The first kappa shape index (κ1) is 19.9. The van der Waals surface area contributed by atoms with Crippen molar-refractivity contribution in [2.75, 3.05) is 11.9 Å². The lowest BCUT2D eigenvalue weighted by Crippen LogP contribution is -2.43. The lowest BCUT2D eigenvalue weighted by Gasteiger charge is -2.24. The molecule has 0 spiro atoms. The van der Waals surface area contributed by atoms with Gasteiger partial charge in [0.15, 0.2) is 0 Å². The van der Waals surface area contributed by atoms with E-state index < -0.39 is 6.04 Å². The first-order chi connectivity index (χ1) is 12.3. The van der Waals surface area contributed by atoms with Gasteiger partial charge in [0.05, 0.1) is 0 Å². The Balaban J connectivity index is 2.07. The van der Waals surface area contributed by atoms with E-state index in [0.717, 1.165) is 18.4 Å². The fourth-order valence-corrected chi connectivity index (χ4v) is 3.20. The van der Waals surface area contributed by atoms with Crippen molar-refractivity contribution in [1.82, 2.24) is 10.2 Å². The van der Waals surface area contributed by atoms with Gasteiger partial charge in [-0.15, -0.1) is 0 Å². The zero-order chi connectivity index (χ0) is 19.3. The Hall–Kier alpha value is -2.37. The van der Waals surface area contributed by atoms with Crippen LogP contribution in [0.5, 0.6) is 0 Å². The average molecular weight is 359 g/mol. The van der Waals surface area contributed by atoms with E-state index in [1.54, 1.807) is 23.1 Å². The van der Waals surface area contributed by atoms with Crippen LogP contribution in [0.2, 0.25) is 0 Å². The molecule has 1 aliphatic heterocycles. The minimum absolute atomic E-state index is 0.0441. The molecule has 1 saturated heterocycles. The Labute approximate surface area is 155 Å². The first-order valence-electron chi connectivity index (χ1n) is 9.35. The largest absolute Gasteiger partial charge is 0.350 e. The number of benzene rings is 1. The Morgan fingerprint density at radius 3 is 2.62 bits per heavy atom. The van der Waals surface area contributed by atoms with E-state index in [1.165, 1.54) is 0 Å². The molecule has 1 unspecified atom stereocenters. The SMILES string of the molecule is CCCC(=O)N1CCCC1C(=O)Nc1ccc(C(=O)NC(C)C)cc1C. The second-order valence-corrected chi connectivity index (χ2v) is 7.14. The van der Waals surface area contributed by atoms with E-state index in [-0.39, 0.29) is 23.8 Å². The lowest BCUT2D eigenvalue weighted by molar-refractivity contribution is -0.136. The normalized spacial score (nSPS) is 16.7. The van der Waals surface area contributed by atoms with Gasteiger partial charge in [-0.05, 0) is 63.8 Å². The molecule has 6 heteroatoms. The maximum absolute atomic E-state index is 12.7. The highest BCUT2D eigenvalue weighted by Gasteiger charge is 2.33. The summed E-state index contributed by atoms with van der Waals surface area (Å²) in [6, 6.07) is 4.88. The number of carbonyl (C=O) groups is 3. The van der Waals surface area contributed by atoms with Crippen molar-refractivity contribution in [2.24, 2.45) is 0 Å². The van der Waals surface area contributed by atoms with Crippen molar-refractivity contribution in [2.45, 2.75) is 65.5 Å². The number of hydrogen-bond acceptors (Lipinski definition) is 3. The number of anilines is 1. The summed E-state index contributed by atoms with van der Waals surface area (Å²) in [4.78, 5) is 38.6. The van der Waals surface area contributed by atoms with Gasteiger partial charge in [0.25, 0.3) is 5.91 Å². The van der Waals surface area contributed by atoms with E-state index in [9.17, 15) is 14.4 Å². The number of rotatable bonds is 6.